The Bertz CT molecular complexity index is 2310. The minimum Gasteiger partial charge on any atom is -0.453 e. The summed E-state index contributed by atoms with van der Waals surface area (Å²) in [5, 5.41) is 11.4. The number of carbonyl (C=O) groups excluding carboxylic acids is 6. The van der Waals surface area contributed by atoms with Crippen LogP contribution in [0.1, 0.15) is 90.0 Å². The number of likely N-dealkylation sites (tertiary alicyclic amines) is 2. The van der Waals surface area contributed by atoms with E-state index in [1.807, 2.05) is 106 Å². The summed E-state index contributed by atoms with van der Waals surface area (Å²) in [6, 6.07) is 30.9. The molecular formula is C51H63N7O8. The average Bonchev–Trinajstić information content (AvgIpc) is 3.99. The second-order valence-corrected chi connectivity index (χ2v) is 18.9. The number of alkyl carbamates (subject to hydrolysis) is 2. The summed E-state index contributed by atoms with van der Waals surface area (Å²) in [5.74, 6) is -1.30. The van der Waals surface area contributed by atoms with Gasteiger partial charge >= 0.3 is 12.2 Å². The highest BCUT2D eigenvalue weighted by molar-refractivity contribution is 6.00. The molecule has 350 valence electrons. The highest BCUT2D eigenvalue weighted by Gasteiger charge is 2.42. The number of carbonyl (C=O) groups is 6. The monoisotopic (exact) mass is 901 g/mol. The average molecular weight is 902 g/mol. The number of rotatable bonds is 14. The normalized spacial score (nSPS) is 17.0. The van der Waals surface area contributed by atoms with Crippen LogP contribution in [0.4, 0.5) is 26.7 Å². The summed E-state index contributed by atoms with van der Waals surface area (Å²) in [7, 11) is 1.25. The molecular weight excluding hydrogens is 839 g/mol. The molecule has 0 saturated carbocycles. The molecule has 2 heterocycles. The van der Waals surface area contributed by atoms with E-state index in [4.69, 9.17) is 9.47 Å². The maximum Gasteiger partial charge on any atom is 0.408 e. The van der Waals surface area contributed by atoms with Gasteiger partial charge < -0.3 is 45.4 Å². The van der Waals surface area contributed by atoms with Crippen molar-refractivity contribution in [3.63, 3.8) is 0 Å². The summed E-state index contributed by atoms with van der Waals surface area (Å²) in [5.41, 5.74) is 3.43. The molecule has 2 fully saturated rings. The molecule has 2 saturated heterocycles. The first-order valence-electron chi connectivity index (χ1n) is 22.5. The lowest BCUT2D eigenvalue weighted by atomic mass is 9.85. The molecule has 4 N–H and O–H groups in total. The molecule has 0 aliphatic carbocycles. The summed E-state index contributed by atoms with van der Waals surface area (Å²) >= 11 is 0. The molecule has 6 rings (SSSR count). The molecule has 0 aromatic heterocycles. The minimum absolute atomic E-state index is 0.289. The highest BCUT2D eigenvalue weighted by atomic mass is 16.6. The van der Waals surface area contributed by atoms with Gasteiger partial charge in [-0.05, 0) is 105 Å². The molecule has 15 nitrogen and oxygen atoms in total. The van der Waals surface area contributed by atoms with Crippen molar-refractivity contribution in [3.05, 3.63) is 126 Å². The number of para-hydroxylation sites is 1. The van der Waals surface area contributed by atoms with Gasteiger partial charge in [-0.3, -0.25) is 19.2 Å². The van der Waals surface area contributed by atoms with Crippen LogP contribution >= 0.6 is 0 Å². The SMILES string of the molecule is COC(=O)NC(C(=O)N1CCCC1C(=O)Nc1ccc(CN(Cc2ccc(NC(=O)C3CCCN3C(=O)C(NC(=O)OC(C)(C)C)c3ccccc3)cc2)c2ccccc2)cc1)C(C)(C)C. The molecule has 0 radical (unpaired) electrons. The lowest BCUT2D eigenvalue weighted by Crippen LogP contribution is -2.57. The maximum atomic E-state index is 14.1. The summed E-state index contributed by atoms with van der Waals surface area (Å²) in [6.07, 6.45) is 0.876. The van der Waals surface area contributed by atoms with Crippen LogP contribution in [-0.2, 0) is 41.7 Å². The molecule has 4 atom stereocenters. The van der Waals surface area contributed by atoms with Gasteiger partial charge in [-0.2, -0.15) is 0 Å². The van der Waals surface area contributed by atoms with Crippen LogP contribution in [-0.4, -0.2) is 89.5 Å². The zero-order valence-corrected chi connectivity index (χ0v) is 39.0. The van der Waals surface area contributed by atoms with E-state index in [0.717, 1.165) is 16.8 Å². The number of anilines is 3. The van der Waals surface area contributed by atoms with Crippen molar-refractivity contribution in [2.24, 2.45) is 5.41 Å². The standard InChI is InChI=1S/C51H63N7O8/c1-50(2,3)43(55-48(63)65-7)47(62)58-31-15-21-41(58)45(60)53-38-28-24-35(25-29-38)33-56(39-18-12-9-13-19-39)32-34-22-26-37(27-23-34)52-44(59)40-20-14-30-57(40)46(61)42(36-16-10-8-11-17-36)54-49(64)66-51(4,5)6/h8-13,16-19,22-29,40-43H,14-15,20-21,30-33H2,1-7H3,(H,52,59)(H,53,60)(H,54,64)(H,55,63). The van der Waals surface area contributed by atoms with Crippen molar-refractivity contribution in [2.45, 2.75) is 110 Å². The fourth-order valence-corrected chi connectivity index (χ4v) is 8.28. The van der Waals surface area contributed by atoms with Gasteiger partial charge in [0.2, 0.25) is 17.7 Å². The van der Waals surface area contributed by atoms with E-state index in [-0.39, 0.29) is 23.6 Å². The van der Waals surface area contributed by atoms with E-state index in [0.29, 0.717) is 68.8 Å². The molecule has 0 spiro atoms. The van der Waals surface area contributed by atoms with E-state index in [2.05, 4.69) is 26.2 Å². The summed E-state index contributed by atoms with van der Waals surface area (Å²) in [4.78, 5) is 85.3. The van der Waals surface area contributed by atoms with Crippen molar-refractivity contribution in [1.29, 1.82) is 0 Å². The van der Waals surface area contributed by atoms with Crippen LogP contribution in [0.25, 0.3) is 0 Å². The molecule has 4 aromatic rings. The number of nitrogens with zero attached hydrogens (tertiary/aromatic N) is 3. The first-order chi connectivity index (χ1) is 31.4. The first-order valence-corrected chi connectivity index (χ1v) is 22.5. The Balaban J connectivity index is 1.08. The van der Waals surface area contributed by atoms with Crippen LogP contribution in [0.2, 0.25) is 0 Å². The number of amides is 6. The third kappa shape index (κ3) is 12.9. The van der Waals surface area contributed by atoms with Crippen molar-refractivity contribution in [1.82, 2.24) is 20.4 Å². The van der Waals surface area contributed by atoms with Gasteiger partial charge in [0.15, 0.2) is 0 Å². The second-order valence-electron chi connectivity index (χ2n) is 18.9. The van der Waals surface area contributed by atoms with Crippen molar-refractivity contribution < 1.29 is 38.2 Å². The van der Waals surface area contributed by atoms with Gasteiger partial charge in [0.25, 0.3) is 5.91 Å². The molecule has 6 amide bonds. The van der Waals surface area contributed by atoms with Crippen LogP contribution < -0.4 is 26.2 Å². The Hall–Kier alpha value is -6.90. The number of hydrogen-bond donors (Lipinski definition) is 4. The molecule has 15 heteroatoms. The van der Waals surface area contributed by atoms with E-state index in [1.165, 1.54) is 7.11 Å². The molecule has 0 bridgehead atoms. The predicted octanol–water partition coefficient (Wildman–Crippen LogP) is 7.79. The summed E-state index contributed by atoms with van der Waals surface area (Å²) < 4.78 is 10.2. The number of ether oxygens (including phenoxy) is 2. The minimum atomic E-state index is -1.03. The Morgan fingerprint density at radius 3 is 1.55 bits per heavy atom. The predicted molar refractivity (Wildman–Crippen MR) is 253 cm³/mol. The van der Waals surface area contributed by atoms with Crippen LogP contribution in [0, 0.1) is 5.41 Å². The van der Waals surface area contributed by atoms with Gasteiger partial charge in [-0.15, -0.1) is 0 Å². The lowest BCUT2D eigenvalue weighted by Gasteiger charge is -2.35. The number of benzene rings is 4. The van der Waals surface area contributed by atoms with E-state index < -0.39 is 47.4 Å². The van der Waals surface area contributed by atoms with Crippen molar-refractivity contribution >= 4 is 52.9 Å². The largest absolute Gasteiger partial charge is 0.453 e. The van der Waals surface area contributed by atoms with Gasteiger partial charge in [-0.25, -0.2) is 9.59 Å². The molecule has 4 unspecified atom stereocenters. The van der Waals surface area contributed by atoms with Crippen LogP contribution in [0.5, 0.6) is 0 Å². The van der Waals surface area contributed by atoms with Gasteiger partial charge in [0, 0.05) is 43.2 Å². The van der Waals surface area contributed by atoms with Crippen LogP contribution in [0.3, 0.4) is 0 Å². The van der Waals surface area contributed by atoms with Crippen LogP contribution in [0.15, 0.2) is 109 Å². The van der Waals surface area contributed by atoms with Crippen molar-refractivity contribution in [3.8, 4) is 0 Å². The Kier molecular flexibility index (Phi) is 15.7. The Morgan fingerprint density at radius 2 is 1.09 bits per heavy atom. The topological polar surface area (TPSA) is 179 Å². The lowest BCUT2D eigenvalue weighted by molar-refractivity contribution is -0.140. The molecule has 4 aromatic carbocycles. The Labute approximate surface area is 387 Å². The third-order valence-corrected chi connectivity index (χ3v) is 11.6. The number of methoxy groups -OCH3 is 1. The van der Waals surface area contributed by atoms with Crippen molar-refractivity contribution in [2.75, 3.05) is 35.7 Å². The Morgan fingerprint density at radius 1 is 0.621 bits per heavy atom. The first kappa shape index (κ1) is 48.6. The quantitative estimate of drug-likeness (QED) is 0.0984. The fourth-order valence-electron chi connectivity index (χ4n) is 8.28. The van der Waals surface area contributed by atoms with Gasteiger partial charge in [-0.1, -0.05) is 93.6 Å². The fraction of sp³-hybridized carbons (Fsp3) is 0.412. The number of nitrogens with one attached hydrogen (secondary N) is 4. The van der Waals surface area contributed by atoms with E-state index in [9.17, 15) is 28.8 Å². The smallest absolute Gasteiger partial charge is 0.408 e. The van der Waals surface area contributed by atoms with Gasteiger partial charge in [0.05, 0.1) is 7.11 Å². The molecule has 66 heavy (non-hydrogen) atoms. The van der Waals surface area contributed by atoms with E-state index >= 15 is 0 Å². The zero-order valence-electron chi connectivity index (χ0n) is 39.0. The van der Waals surface area contributed by atoms with Gasteiger partial charge in [0.1, 0.15) is 29.8 Å². The molecule has 2 aliphatic heterocycles. The maximum absolute atomic E-state index is 14.1. The zero-order chi connectivity index (χ0) is 47.6. The second kappa shape index (κ2) is 21.4. The van der Waals surface area contributed by atoms with E-state index in [1.54, 1.807) is 54.8 Å². The highest BCUT2D eigenvalue weighted by Crippen LogP contribution is 2.29. The number of hydrogen-bond acceptors (Lipinski definition) is 9. The summed E-state index contributed by atoms with van der Waals surface area (Å²) in [6.45, 7) is 12.7. The molecule has 2 aliphatic rings. The third-order valence-electron chi connectivity index (χ3n) is 11.6.